The maximum Gasteiger partial charge on any atom is 0.118 e. The molecule has 1 atom stereocenters. The van der Waals surface area contributed by atoms with Crippen LogP contribution >= 0.6 is 0 Å². The lowest BCUT2D eigenvalue weighted by Crippen LogP contribution is -2.02. The molecule has 0 aliphatic heterocycles. The van der Waals surface area contributed by atoms with Gasteiger partial charge < -0.3 is 9.84 Å². The fourth-order valence-corrected chi connectivity index (χ4v) is 2.45. The molecule has 0 amide bonds. The third-order valence-electron chi connectivity index (χ3n) is 3.65. The van der Waals surface area contributed by atoms with Crippen LogP contribution in [-0.2, 0) is 6.42 Å². The Morgan fingerprint density at radius 3 is 2.35 bits per heavy atom. The molecule has 0 saturated heterocycles. The fourth-order valence-electron chi connectivity index (χ4n) is 2.45. The highest BCUT2D eigenvalue weighted by Crippen LogP contribution is 2.23. The summed E-state index contributed by atoms with van der Waals surface area (Å²) in [6.07, 6.45) is 1.19. The van der Waals surface area contributed by atoms with Gasteiger partial charge in [-0.3, -0.25) is 0 Å². The van der Waals surface area contributed by atoms with E-state index in [1.807, 2.05) is 30.3 Å². The maximum absolute atomic E-state index is 10.3. The molecule has 1 N–H and O–H groups in total. The molecule has 0 aliphatic rings. The molecule has 0 fully saturated rings. The van der Waals surface area contributed by atoms with E-state index in [4.69, 9.17) is 4.74 Å². The van der Waals surface area contributed by atoms with Crippen molar-refractivity contribution in [2.75, 3.05) is 7.11 Å². The van der Waals surface area contributed by atoms with Gasteiger partial charge in [0.15, 0.2) is 0 Å². The molecule has 2 aromatic carbocycles. The van der Waals surface area contributed by atoms with Gasteiger partial charge in [-0.15, -0.1) is 0 Å². The van der Waals surface area contributed by atoms with Crippen molar-refractivity contribution in [2.45, 2.75) is 32.8 Å². The molecule has 2 aromatic rings. The van der Waals surface area contributed by atoms with Crippen molar-refractivity contribution in [3.05, 3.63) is 64.7 Å². The fraction of sp³-hybridized carbons (Fsp3) is 0.333. The van der Waals surface area contributed by atoms with Gasteiger partial charge in [0, 0.05) is 0 Å². The predicted molar refractivity (Wildman–Crippen MR) is 82.2 cm³/mol. The number of rotatable bonds is 5. The van der Waals surface area contributed by atoms with Crippen LogP contribution in [-0.4, -0.2) is 12.2 Å². The van der Waals surface area contributed by atoms with Crippen LogP contribution in [0.5, 0.6) is 5.75 Å². The Bertz CT molecular complexity index is 558. The number of aryl methyl sites for hydroxylation is 3. The second-order valence-electron chi connectivity index (χ2n) is 5.26. The molecule has 1 unspecified atom stereocenters. The summed E-state index contributed by atoms with van der Waals surface area (Å²) in [4.78, 5) is 0. The summed E-state index contributed by atoms with van der Waals surface area (Å²) < 4.78 is 5.14. The third kappa shape index (κ3) is 3.61. The van der Waals surface area contributed by atoms with Gasteiger partial charge in [-0.05, 0) is 55.5 Å². The Morgan fingerprint density at radius 2 is 1.75 bits per heavy atom. The van der Waals surface area contributed by atoms with Crippen LogP contribution in [0.25, 0.3) is 0 Å². The normalized spacial score (nSPS) is 12.2. The molecule has 0 spiro atoms. The molecule has 0 bridgehead atoms. The molecule has 20 heavy (non-hydrogen) atoms. The number of aliphatic hydroxyl groups is 1. The van der Waals surface area contributed by atoms with Crippen molar-refractivity contribution in [1.29, 1.82) is 0 Å². The minimum atomic E-state index is -0.405. The first-order valence-corrected chi connectivity index (χ1v) is 6.98. The smallest absolute Gasteiger partial charge is 0.118 e. The molecule has 0 aliphatic carbocycles. The average molecular weight is 270 g/mol. The monoisotopic (exact) mass is 270 g/mol. The Labute approximate surface area is 121 Å². The number of methoxy groups -OCH3 is 1. The number of hydrogen-bond donors (Lipinski definition) is 1. The first-order chi connectivity index (χ1) is 9.60. The molecule has 0 heterocycles. The Morgan fingerprint density at radius 1 is 1.05 bits per heavy atom. The van der Waals surface area contributed by atoms with E-state index in [2.05, 4.69) is 26.0 Å². The second kappa shape index (κ2) is 6.58. The molecular weight excluding hydrogens is 248 g/mol. The highest BCUT2D eigenvalue weighted by Gasteiger charge is 2.10. The Balaban J connectivity index is 1.98. The largest absolute Gasteiger partial charge is 0.497 e. The lowest BCUT2D eigenvalue weighted by atomic mass is 9.96. The van der Waals surface area contributed by atoms with Gasteiger partial charge in [-0.25, -0.2) is 0 Å². The van der Waals surface area contributed by atoms with E-state index < -0.39 is 6.10 Å². The van der Waals surface area contributed by atoms with Gasteiger partial charge >= 0.3 is 0 Å². The summed E-state index contributed by atoms with van der Waals surface area (Å²) in [5.41, 5.74) is 4.64. The van der Waals surface area contributed by atoms with Crippen LogP contribution in [0.15, 0.2) is 42.5 Å². The van der Waals surface area contributed by atoms with Gasteiger partial charge in [-0.1, -0.05) is 35.9 Å². The van der Waals surface area contributed by atoms with Crippen molar-refractivity contribution in [3.8, 4) is 5.75 Å². The van der Waals surface area contributed by atoms with E-state index >= 15 is 0 Å². The molecule has 0 aromatic heterocycles. The van der Waals surface area contributed by atoms with E-state index in [1.165, 1.54) is 11.1 Å². The zero-order valence-electron chi connectivity index (χ0n) is 12.4. The molecule has 0 radical (unpaired) electrons. The van der Waals surface area contributed by atoms with Gasteiger partial charge in [0.1, 0.15) is 5.75 Å². The van der Waals surface area contributed by atoms with Crippen molar-refractivity contribution in [1.82, 2.24) is 0 Å². The van der Waals surface area contributed by atoms with Gasteiger partial charge in [0.2, 0.25) is 0 Å². The second-order valence-corrected chi connectivity index (χ2v) is 5.26. The first-order valence-electron chi connectivity index (χ1n) is 6.98. The predicted octanol–water partition coefficient (Wildman–Crippen LogP) is 3.98. The number of benzene rings is 2. The zero-order chi connectivity index (χ0) is 14.5. The summed E-state index contributed by atoms with van der Waals surface area (Å²) in [5, 5.41) is 10.3. The third-order valence-corrected chi connectivity index (χ3v) is 3.65. The Kier molecular flexibility index (Phi) is 4.80. The van der Waals surface area contributed by atoms with Crippen molar-refractivity contribution < 1.29 is 9.84 Å². The van der Waals surface area contributed by atoms with E-state index in [1.54, 1.807) is 7.11 Å². The molecule has 2 nitrogen and oxygen atoms in total. The van der Waals surface area contributed by atoms with E-state index in [0.29, 0.717) is 0 Å². The van der Waals surface area contributed by atoms with Gasteiger partial charge in [0.25, 0.3) is 0 Å². The van der Waals surface area contributed by atoms with Crippen LogP contribution < -0.4 is 4.74 Å². The van der Waals surface area contributed by atoms with Crippen LogP contribution in [0.3, 0.4) is 0 Å². The first kappa shape index (κ1) is 14.6. The summed E-state index contributed by atoms with van der Waals surface area (Å²) in [6.45, 7) is 4.12. The molecular formula is C18H22O2. The minimum Gasteiger partial charge on any atom is -0.497 e. The van der Waals surface area contributed by atoms with Gasteiger partial charge in [0.05, 0.1) is 13.2 Å². The minimum absolute atomic E-state index is 0.405. The topological polar surface area (TPSA) is 29.5 Å². The number of aliphatic hydroxyl groups excluding tert-OH is 1. The number of hydrogen-bond acceptors (Lipinski definition) is 2. The quantitative estimate of drug-likeness (QED) is 0.890. The summed E-state index contributed by atoms with van der Waals surface area (Å²) in [7, 11) is 1.67. The van der Waals surface area contributed by atoms with Crippen molar-refractivity contribution >= 4 is 0 Å². The lowest BCUT2D eigenvalue weighted by Gasteiger charge is -2.14. The SMILES string of the molecule is COc1ccc(CCC(O)c2ccc(C)cc2C)cc1. The van der Waals surface area contributed by atoms with Crippen LogP contribution in [0.2, 0.25) is 0 Å². The van der Waals surface area contributed by atoms with E-state index in [0.717, 1.165) is 29.7 Å². The summed E-state index contributed by atoms with van der Waals surface area (Å²) in [6, 6.07) is 14.2. The molecule has 0 saturated carbocycles. The maximum atomic E-state index is 10.3. The summed E-state index contributed by atoms with van der Waals surface area (Å²) in [5.74, 6) is 0.865. The zero-order valence-corrected chi connectivity index (χ0v) is 12.4. The molecule has 2 rings (SSSR count). The standard InChI is InChI=1S/C18H22O2/c1-13-4-10-17(14(2)12-13)18(19)11-7-15-5-8-16(20-3)9-6-15/h4-6,8-10,12,18-19H,7,11H2,1-3H3. The average Bonchev–Trinajstić information content (AvgIpc) is 2.45. The van der Waals surface area contributed by atoms with Gasteiger partial charge in [-0.2, -0.15) is 0 Å². The lowest BCUT2D eigenvalue weighted by molar-refractivity contribution is 0.167. The molecule has 2 heteroatoms. The number of ether oxygens (including phenoxy) is 1. The highest BCUT2D eigenvalue weighted by atomic mass is 16.5. The van der Waals surface area contributed by atoms with Crippen LogP contribution in [0.4, 0.5) is 0 Å². The van der Waals surface area contributed by atoms with E-state index in [-0.39, 0.29) is 0 Å². The van der Waals surface area contributed by atoms with Crippen molar-refractivity contribution in [3.63, 3.8) is 0 Å². The molecule has 106 valence electrons. The summed E-state index contributed by atoms with van der Waals surface area (Å²) >= 11 is 0. The highest BCUT2D eigenvalue weighted by molar-refractivity contribution is 5.32. The van der Waals surface area contributed by atoms with E-state index in [9.17, 15) is 5.11 Å². The van der Waals surface area contributed by atoms with Crippen LogP contribution in [0.1, 0.15) is 34.8 Å². The van der Waals surface area contributed by atoms with Crippen molar-refractivity contribution in [2.24, 2.45) is 0 Å². The van der Waals surface area contributed by atoms with Crippen LogP contribution in [0, 0.1) is 13.8 Å². The Hall–Kier alpha value is -1.80.